The van der Waals surface area contributed by atoms with Crippen LogP contribution >= 0.6 is 0 Å². The number of aromatic amines is 1. The van der Waals surface area contributed by atoms with Gasteiger partial charge in [0.25, 0.3) is 0 Å². The minimum absolute atomic E-state index is 0.0430. The third kappa shape index (κ3) is 16.3. The molecule has 0 spiro atoms. The van der Waals surface area contributed by atoms with Crippen LogP contribution < -0.4 is 20.7 Å². The summed E-state index contributed by atoms with van der Waals surface area (Å²) in [5.41, 5.74) is -0.783. The van der Waals surface area contributed by atoms with Gasteiger partial charge >= 0.3 is 30.3 Å². The normalized spacial score (nSPS) is 12.4. The fourth-order valence-corrected chi connectivity index (χ4v) is 4.42. The molecule has 15 nitrogen and oxygen atoms in total. The number of amides is 4. The molecule has 4 amide bonds. The highest BCUT2D eigenvalue weighted by molar-refractivity contribution is 5.87. The van der Waals surface area contributed by atoms with Crippen LogP contribution in [0.5, 0.6) is 5.75 Å². The molecule has 1 aromatic heterocycles. The Balaban J connectivity index is 1.92. The number of hydrogen-bond acceptors (Lipinski definition) is 9. The van der Waals surface area contributed by atoms with Crippen molar-refractivity contribution in [1.29, 1.82) is 0 Å². The second-order valence-electron chi connectivity index (χ2n) is 14.5. The molecule has 1 unspecified atom stereocenters. The molecule has 15 heteroatoms. The molecule has 0 saturated carbocycles. The monoisotopic (exact) mass is 691 g/mol. The number of carbonyl (C=O) groups is 5. The van der Waals surface area contributed by atoms with E-state index in [1.54, 1.807) is 91.6 Å². The van der Waals surface area contributed by atoms with Gasteiger partial charge in [0.2, 0.25) is 0 Å². The van der Waals surface area contributed by atoms with E-state index in [1.165, 1.54) is 0 Å². The second kappa shape index (κ2) is 17.6. The Labute approximate surface area is 287 Å². The molecule has 274 valence electrons. The molecule has 0 radical (unpaired) electrons. The van der Waals surface area contributed by atoms with Crippen molar-refractivity contribution >= 4 is 41.2 Å². The number of carboxylic acid groups (broad SMARTS) is 1. The topological polar surface area (TPSA) is 198 Å². The van der Waals surface area contributed by atoms with Crippen LogP contribution in [0.15, 0.2) is 24.4 Å². The zero-order valence-electron chi connectivity index (χ0n) is 30.1. The number of ether oxygens (including phenoxy) is 4. The van der Waals surface area contributed by atoms with E-state index in [9.17, 15) is 29.1 Å². The fourth-order valence-electron chi connectivity index (χ4n) is 4.42. The quantitative estimate of drug-likeness (QED) is 0.121. The van der Waals surface area contributed by atoms with Crippen LogP contribution in [-0.4, -0.2) is 94.4 Å². The first-order valence-electron chi connectivity index (χ1n) is 16.3. The summed E-state index contributed by atoms with van der Waals surface area (Å²) < 4.78 is 21.4. The van der Waals surface area contributed by atoms with Crippen molar-refractivity contribution in [2.45, 2.75) is 111 Å². The first kappa shape index (κ1) is 40.5. The summed E-state index contributed by atoms with van der Waals surface area (Å²) in [6, 6.07) is 3.64. The van der Waals surface area contributed by atoms with Crippen molar-refractivity contribution in [3.05, 3.63) is 30.0 Å². The van der Waals surface area contributed by atoms with E-state index in [-0.39, 0.29) is 18.7 Å². The molecule has 0 fully saturated rings. The van der Waals surface area contributed by atoms with Crippen LogP contribution in [0.25, 0.3) is 10.9 Å². The lowest BCUT2D eigenvalue weighted by atomic mass is 10.0. The molecule has 0 aliphatic heterocycles. The van der Waals surface area contributed by atoms with Crippen molar-refractivity contribution in [3.8, 4) is 5.75 Å². The lowest BCUT2D eigenvalue weighted by molar-refractivity contribution is -0.139. The highest BCUT2D eigenvalue weighted by Crippen LogP contribution is 2.25. The Hall–Kier alpha value is -4.69. The van der Waals surface area contributed by atoms with Gasteiger partial charge in [-0.05, 0) is 105 Å². The molecule has 1 atom stereocenters. The van der Waals surface area contributed by atoms with Gasteiger partial charge in [0.1, 0.15) is 28.6 Å². The molecule has 0 aliphatic rings. The summed E-state index contributed by atoms with van der Waals surface area (Å²) in [6.07, 6.45) is 0.720. The van der Waals surface area contributed by atoms with Gasteiger partial charge in [0, 0.05) is 49.7 Å². The molecular weight excluding hydrogens is 638 g/mol. The van der Waals surface area contributed by atoms with Gasteiger partial charge in [-0.1, -0.05) is 0 Å². The van der Waals surface area contributed by atoms with Crippen LogP contribution in [0.2, 0.25) is 0 Å². The van der Waals surface area contributed by atoms with Crippen LogP contribution in [0.4, 0.5) is 19.2 Å². The third-order valence-electron chi connectivity index (χ3n) is 6.41. The predicted octanol–water partition coefficient (Wildman–Crippen LogP) is 5.71. The fraction of sp³-hybridized carbons (Fsp3) is 0.618. The third-order valence-corrected chi connectivity index (χ3v) is 6.41. The number of carbonyl (C=O) groups excluding carboxylic acids is 4. The van der Waals surface area contributed by atoms with Gasteiger partial charge in [-0.15, -0.1) is 0 Å². The van der Waals surface area contributed by atoms with Crippen molar-refractivity contribution < 1.29 is 48.0 Å². The number of alkyl carbamates (subject to hydrolysis) is 2. The average Bonchev–Trinajstić information content (AvgIpc) is 3.32. The van der Waals surface area contributed by atoms with Crippen molar-refractivity contribution in [2.24, 2.45) is 0 Å². The zero-order chi connectivity index (χ0) is 37.0. The number of unbranched alkanes of at least 4 members (excludes halogenated alkanes) is 1. The van der Waals surface area contributed by atoms with Crippen LogP contribution in [0.1, 0.15) is 87.1 Å². The summed E-state index contributed by atoms with van der Waals surface area (Å²) >= 11 is 0. The van der Waals surface area contributed by atoms with Gasteiger partial charge in [0.05, 0.1) is 0 Å². The number of nitrogens with zero attached hydrogens (tertiary/aromatic N) is 1. The molecule has 1 aromatic carbocycles. The predicted molar refractivity (Wildman–Crippen MR) is 183 cm³/mol. The Kier molecular flexibility index (Phi) is 14.6. The Bertz CT molecular complexity index is 1440. The molecule has 0 bridgehead atoms. The van der Waals surface area contributed by atoms with Gasteiger partial charge in [0.15, 0.2) is 0 Å². The number of H-pyrrole nitrogens is 1. The Morgan fingerprint density at radius 3 is 1.96 bits per heavy atom. The van der Waals surface area contributed by atoms with E-state index in [4.69, 9.17) is 18.9 Å². The van der Waals surface area contributed by atoms with E-state index < -0.39 is 53.2 Å². The molecular formula is C34H53N5O10. The van der Waals surface area contributed by atoms with E-state index in [0.29, 0.717) is 55.4 Å². The maximum atomic E-state index is 12.8. The Morgan fingerprint density at radius 1 is 0.776 bits per heavy atom. The zero-order valence-corrected chi connectivity index (χ0v) is 30.1. The van der Waals surface area contributed by atoms with Gasteiger partial charge in [-0.2, -0.15) is 0 Å². The van der Waals surface area contributed by atoms with Gasteiger partial charge in [-0.25, -0.2) is 24.0 Å². The maximum absolute atomic E-state index is 12.8. The number of aromatic nitrogens is 1. The van der Waals surface area contributed by atoms with E-state index in [1.807, 2.05) is 0 Å². The highest BCUT2D eigenvalue weighted by Gasteiger charge is 2.26. The highest BCUT2D eigenvalue weighted by atomic mass is 16.6. The number of hydrogen-bond donors (Lipinski definition) is 5. The minimum Gasteiger partial charge on any atom is -0.480 e. The van der Waals surface area contributed by atoms with Crippen LogP contribution in [-0.2, 0) is 25.4 Å². The summed E-state index contributed by atoms with van der Waals surface area (Å²) in [4.78, 5) is 66.0. The van der Waals surface area contributed by atoms with Crippen molar-refractivity contribution in [2.75, 3.05) is 26.2 Å². The lowest BCUT2D eigenvalue weighted by Gasteiger charge is -2.27. The summed E-state index contributed by atoms with van der Waals surface area (Å²) in [6.45, 7) is 17.1. The molecule has 5 N–H and O–H groups in total. The van der Waals surface area contributed by atoms with Crippen LogP contribution in [0.3, 0.4) is 0 Å². The first-order valence-corrected chi connectivity index (χ1v) is 16.3. The number of fused-ring (bicyclic) bond motifs is 1. The van der Waals surface area contributed by atoms with E-state index in [0.717, 1.165) is 0 Å². The van der Waals surface area contributed by atoms with Crippen molar-refractivity contribution in [3.63, 3.8) is 0 Å². The smallest absolute Gasteiger partial charge is 0.412 e. The summed E-state index contributed by atoms with van der Waals surface area (Å²) in [7, 11) is 0. The molecule has 49 heavy (non-hydrogen) atoms. The molecule has 0 saturated heterocycles. The molecule has 2 rings (SSSR count). The van der Waals surface area contributed by atoms with Gasteiger partial charge < -0.3 is 49.9 Å². The summed E-state index contributed by atoms with van der Waals surface area (Å²) in [5, 5.41) is 18.1. The standard InChI is InChI=1S/C34H53N5O10/c1-32(2,3)47-29(43)36-15-10-11-17-39(31(45)49-34(7,8)9)18-12-16-35-28(42)46-23-13-14-25-24(20-23)22(21-37-25)19-26(27(40)41)38-30(44)48-33(4,5)6/h13-14,20-21,26,37H,10-12,15-19H2,1-9H3,(H,35,42)(H,36,43)(H,38,44)(H,40,41). The first-order chi connectivity index (χ1) is 22.6. The number of benzene rings is 1. The number of aliphatic carboxylic acids is 1. The van der Waals surface area contributed by atoms with Gasteiger partial charge in [-0.3, -0.25) is 0 Å². The number of rotatable bonds is 14. The number of carboxylic acids is 1. The average molecular weight is 692 g/mol. The Morgan fingerprint density at radius 2 is 1.35 bits per heavy atom. The number of nitrogens with one attached hydrogen (secondary N) is 4. The van der Waals surface area contributed by atoms with E-state index >= 15 is 0 Å². The van der Waals surface area contributed by atoms with E-state index in [2.05, 4.69) is 20.9 Å². The second-order valence-corrected chi connectivity index (χ2v) is 14.5. The molecule has 1 heterocycles. The lowest BCUT2D eigenvalue weighted by Crippen LogP contribution is -2.44. The molecule has 2 aromatic rings. The summed E-state index contributed by atoms with van der Waals surface area (Å²) in [5.74, 6) is -0.999. The van der Waals surface area contributed by atoms with Crippen LogP contribution in [0, 0.1) is 0 Å². The SMILES string of the molecule is CC(C)(C)OC(=O)NCCCCN(CCCNC(=O)Oc1ccc2[nH]cc(CC(NC(=O)OC(C)(C)C)C(=O)O)c2c1)C(=O)OC(C)(C)C. The minimum atomic E-state index is -1.25. The maximum Gasteiger partial charge on any atom is 0.412 e. The van der Waals surface area contributed by atoms with Crippen molar-refractivity contribution in [1.82, 2.24) is 25.8 Å². The molecule has 0 aliphatic carbocycles. The largest absolute Gasteiger partial charge is 0.480 e.